The van der Waals surface area contributed by atoms with Gasteiger partial charge in [0.15, 0.2) is 0 Å². The number of amides is 1. The number of rotatable bonds is 7. The molecule has 1 amide bonds. The molecule has 0 saturated carbocycles. The summed E-state index contributed by atoms with van der Waals surface area (Å²) in [6.45, 7) is 7.29. The summed E-state index contributed by atoms with van der Waals surface area (Å²) in [5.41, 5.74) is 9.75. The zero-order chi connectivity index (χ0) is 20.1. The predicted molar refractivity (Wildman–Crippen MR) is 112 cm³/mol. The SMILES string of the molecule is Cc1cccc(Sc2c(C(C)C)c(COC(N)=O)cn2Cc2ccncc2)c1. The average Bonchev–Trinajstić information content (AvgIpc) is 2.98. The first-order chi connectivity index (χ1) is 13.4. The Kier molecular flexibility index (Phi) is 6.41. The van der Waals surface area contributed by atoms with Gasteiger partial charge in [0.2, 0.25) is 0 Å². The van der Waals surface area contributed by atoms with Gasteiger partial charge in [-0.3, -0.25) is 4.98 Å². The molecule has 6 heteroatoms. The summed E-state index contributed by atoms with van der Waals surface area (Å²) >= 11 is 1.73. The van der Waals surface area contributed by atoms with Crippen molar-refractivity contribution in [3.63, 3.8) is 0 Å². The normalized spacial score (nSPS) is 11.0. The summed E-state index contributed by atoms with van der Waals surface area (Å²) < 4.78 is 7.33. The first-order valence-corrected chi connectivity index (χ1v) is 10.0. The molecular formula is C22H25N3O2S. The maximum atomic E-state index is 11.1. The minimum Gasteiger partial charge on any atom is -0.445 e. The second-order valence-corrected chi connectivity index (χ2v) is 8.10. The average molecular weight is 396 g/mol. The van der Waals surface area contributed by atoms with Gasteiger partial charge < -0.3 is 15.0 Å². The number of aryl methyl sites for hydroxylation is 1. The van der Waals surface area contributed by atoms with Crippen molar-refractivity contribution in [2.24, 2.45) is 5.73 Å². The molecule has 3 aromatic rings. The van der Waals surface area contributed by atoms with Crippen molar-refractivity contribution in [1.29, 1.82) is 0 Å². The number of carbonyl (C=O) groups excluding carboxylic acids is 1. The molecule has 0 aliphatic rings. The Morgan fingerprint density at radius 1 is 1.25 bits per heavy atom. The largest absolute Gasteiger partial charge is 0.445 e. The minimum atomic E-state index is -0.760. The van der Waals surface area contributed by atoms with E-state index in [-0.39, 0.29) is 12.5 Å². The first-order valence-electron chi connectivity index (χ1n) is 9.21. The summed E-state index contributed by atoms with van der Waals surface area (Å²) in [6.07, 6.45) is 4.90. The molecule has 28 heavy (non-hydrogen) atoms. The lowest BCUT2D eigenvalue weighted by Crippen LogP contribution is -2.13. The molecule has 0 spiro atoms. The van der Waals surface area contributed by atoms with Crippen LogP contribution in [0.25, 0.3) is 0 Å². The van der Waals surface area contributed by atoms with Crippen LogP contribution in [-0.2, 0) is 17.9 Å². The fraction of sp³-hybridized carbons (Fsp3) is 0.273. The molecule has 0 radical (unpaired) electrons. The van der Waals surface area contributed by atoms with Crippen LogP contribution in [0, 0.1) is 6.92 Å². The van der Waals surface area contributed by atoms with Crippen molar-refractivity contribution in [2.45, 2.75) is 49.8 Å². The number of pyridine rings is 1. The predicted octanol–water partition coefficient (Wildman–Crippen LogP) is 5.11. The van der Waals surface area contributed by atoms with E-state index in [4.69, 9.17) is 10.5 Å². The summed E-state index contributed by atoms with van der Waals surface area (Å²) in [5.74, 6) is 0.275. The third-order valence-corrected chi connectivity index (χ3v) is 5.54. The van der Waals surface area contributed by atoms with Crippen LogP contribution >= 0.6 is 11.8 Å². The fourth-order valence-electron chi connectivity index (χ4n) is 3.20. The molecule has 0 bridgehead atoms. The van der Waals surface area contributed by atoms with E-state index in [9.17, 15) is 4.79 Å². The van der Waals surface area contributed by atoms with Gasteiger partial charge in [0.25, 0.3) is 0 Å². The molecule has 5 nitrogen and oxygen atoms in total. The number of aromatic nitrogens is 2. The van der Waals surface area contributed by atoms with Gasteiger partial charge in [-0.2, -0.15) is 0 Å². The molecule has 0 unspecified atom stereocenters. The number of hydrogen-bond acceptors (Lipinski definition) is 4. The molecule has 2 aromatic heterocycles. The van der Waals surface area contributed by atoms with E-state index in [0.717, 1.165) is 16.2 Å². The Bertz CT molecular complexity index is 952. The summed E-state index contributed by atoms with van der Waals surface area (Å²) in [4.78, 5) is 16.4. The van der Waals surface area contributed by atoms with Crippen molar-refractivity contribution in [3.8, 4) is 0 Å². The lowest BCUT2D eigenvalue weighted by atomic mass is 10.0. The molecule has 2 N–H and O–H groups in total. The number of nitrogens with two attached hydrogens (primary N) is 1. The number of ether oxygens (including phenoxy) is 1. The summed E-state index contributed by atoms with van der Waals surface area (Å²) in [7, 11) is 0. The molecular weight excluding hydrogens is 370 g/mol. The van der Waals surface area contributed by atoms with E-state index >= 15 is 0 Å². The second kappa shape index (κ2) is 8.97. The van der Waals surface area contributed by atoms with Gasteiger partial charge in [0, 0.05) is 35.6 Å². The summed E-state index contributed by atoms with van der Waals surface area (Å²) in [5, 5.41) is 1.15. The Labute approximate surface area is 169 Å². The number of hydrogen-bond donors (Lipinski definition) is 1. The van der Waals surface area contributed by atoms with Crippen LogP contribution in [0.15, 0.2) is 64.9 Å². The van der Waals surface area contributed by atoms with E-state index in [2.05, 4.69) is 60.8 Å². The Balaban J connectivity index is 2.04. The molecule has 0 saturated heterocycles. The third kappa shape index (κ3) is 4.95. The molecule has 0 atom stereocenters. The lowest BCUT2D eigenvalue weighted by molar-refractivity contribution is 0.150. The monoisotopic (exact) mass is 395 g/mol. The van der Waals surface area contributed by atoms with Crippen LogP contribution in [0.4, 0.5) is 4.79 Å². The Hall–Kier alpha value is -2.73. The Morgan fingerprint density at radius 2 is 2.00 bits per heavy atom. The van der Waals surface area contributed by atoms with Crippen LogP contribution in [0.5, 0.6) is 0 Å². The minimum absolute atomic E-state index is 0.174. The van der Waals surface area contributed by atoms with Crippen LogP contribution in [-0.4, -0.2) is 15.6 Å². The van der Waals surface area contributed by atoms with Gasteiger partial charge in [-0.1, -0.05) is 43.3 Å². The highest BCUT2D eigenvalue weighted by molar-refractivity contribution is 7.99. The van der Waals surface area contributed by atoms with Crippen LogP contribution in [0.3, 0.4) is 0 Å². The van der Waals surface area contributed by atoms with Crippen molar-refractivity contribution < 1.29 is 9.53 Å². The second-order valence-electron chi connectivity index (χ2n) is 7.04. The fourth-order valence-corrected chi connectivity index (χ4v) is 4.52. The number of carbonyl (C=O) groups is 1. The van der Waals surface area contributed by atoms with Crippen molar-refractivity contribution in [1.82, 2.24) is 9.55 Å². The molecule has 0 aliphatic carbocycles. The van der Waals surface area contributed by atoms with Crippen molar-refractivity contribution in [2.75, 3.05) is 0 Å². The van der Waals surface area contributed by atoms with E-state index in [0.29, 0.717) is 6.54 Å². The Morgan fingerprint density at radius 3 is 2.64 bits per heavy atom. The van der Waals surface area contributed by atoms with Gasteiger partial charge in [-0.05, 0) is 48.2 Å². The van der Waals surface area contributed by atoms with Crippen LogP contribution < -0.4 is 5.73 Å². The highest BCUT2D eigenvalue weighted by Crippen LogP contribution is 2.38. The van der Waals surface area contributed by atoms with Gasteiger partial charge in [-0.25, -0.2) is 4.79 Å². The maximum absolute atomic E-state index is 11.1. The first kappa shape index (κ1) is 20.0. The standard InChI is InChI=1S/C22H25N3O2S/c1-15(2)20-18(14-27-22(23)26)13-25(12-17-7-9-24-10-8-17)21(20)28-19-6-4-5-16(3)11-19/h4-11,13,15H,12,14H2,1-3H3,(H2,23,26). The number of primary amides is 1. The summed E-state index contributed by atoms with van der Waals surface area (Å²) in [6, 6.07) is 12.5. The lowest BCUT2D eigenvalue weighted by Gasteiger charge is -2.14. The van der Waals surface area contributed by atoms with Gasteiger partial charge >= 0.3 is 6.09 Å². The van der Waals surface area contributed by atoms with Gasteiger partial charge in [-0.15, -0.1) is 0 Å². The molecule has 3 rings (SSSR count). The zero-order valence-electron chi connectivity index (χ0n) is 16.4. The van der Waals surface area contributed by atoms with Crippen LogP contribution in [0.2, 0.25) is 0 Å². The topological polar surface area (TPSA) is 70.1 Å². The molecule has 0 aliphatic heterocycles. The number of benzene rings is 1. The number of nitrogens with zero attached hydrogens (tertiary/aromatic N) is 2. The van der Waals surface area contributed by atoms with E-state index in [1.807, 2.05) is 12.1 Å². The molecule has 146 valence electrons. The van der Waals surface area contributed by atoms with Crippen LogP contribution in [0.1, 0.15) is 42.0 Å². The quantitative estimate of drug-likeness (QED) is 0.603. The van der Waals surface area contributed by atoms with E-state index in [1.165, 1.54) is 16.0 Å². The highest BCUT2D eigenvalue weighted by atomic mass is 32.2. The van der Waals surface area contributed by atoms with E-state index in [1.54, 1.807) is 24.2 Å². The third-order valence-electron chi connectivity index (χ3n) is 4.40. The van der Waals surface area contributed by atoms with Crippen molar-refractivity contribution >= 4 is 17.9 Å². The smallest absolute Gasteiger partial charge is 0.404 e. The molecule has 1 aromatic carbocycles. The van der Waals surface area contributed by atoms with Gasteiger partial charge in [0.1, 0.15) is 6.61 Å². The zero-order valence-corrected chi connectivity index (χ0v) is 17.2. The van der Waals surface area contributed by atoms with E-state index < -0.39 is 6.09 Å². The van der Waals surface area contributed by atoms with Crippen molar-refractivity contribution in [3.05, 3.63) is 77.2 Å². The highest BCUT2D eigenvalue weighted by Gasteiger charge is 2.20. The molecule has 2 heterocycles. The maximum Gasteiger partial charge on any atom is 0.404 e. The van der Waals surface area contributed by atoms with Gasteiger partial charge in [0.05, 0.1) is 5.03 Å². The molecule has 0 fully saturated rings.